The Bertz CT molecular complexity index is 1010. The first-order chi connectivity index (χ1) is 13.7. The lowest BCUT2D eigenvalue weighted by Gasteiger charge is -2.26. The maximum atomic E-state index is 13.1. The highest BCUT2D eigenvalue weighted by molar-refractivity contribution is 6.05. The van der Waals surface area contributed by atoms with Crippen molar-refractivity contribution >= 4 is 16.9 Å². The Balaban J connectivity index is 2.13. The first-order valence-corrected chi connectivity index (χ1v) is 10.3. The lowest BCUT2D eigenvalue weighted by Crippen LogP contribution is -2.40. The predicted molar refractivity (Wildman–Crippen MR) is 111 cm³/mol. The lowest BCUT2D eigenvalue weighted by molar-refractivity contribution is 0.0869. The molecule has 1 aliphatic carbocycles. The number of pyridine rings is 1. The number of hydrogen-bond acceptors (Lipinski definition) is 5. The molecule has 1 saturated carbocycles. The molecule has 0 aromatic carbocycles. The molecular weight excluding hydrogens is 372 g/mol. The molecule has 2 aromatic rings. The molecule has 3 N–H and O–H groups in total. The summed E-state index contributed by atoms with van der Waals surface area (Å²) in [5.74, 6) is -0.157. The smallest absolute Gasteiger partial charge is 0.330 e. The quantitative estimate of drug-likeness (QED) is 0.706. The van der Waals surface area contributed by atoms with Crippen molar-refractivity contribution in [3.05, 3.63) is 38.2 Å². The van der Waals surface area contributed by atoms with Crippen LogP contribution in [0.3, 0.4) is 0 Å². The van der Waals surface area contributed by atoms with Gasteiger partial charge in [-0.05, 0) is 43.6 Å². The van der Waals surface area contributed by atoms with Gasteiger partial charge in [0.05, 0.1) is 17.1 Å². The number of aromatic nitrogens is 3. The average Bonchev–Trinajstić information content (AvgIpc) is 2.65. The number of aliphatic hydroxyl groups is 1. The van der Waals surface area contributed by atoms with Crippen LogP contribution in [0.5, 0.6) is 0 Å². The topological polar surface area (TPSA) is 117 Å². The monoisotopic (exact) mass is 402 g/mol. The van der Waals surface area contributed by atoms with Gasteiger partial charge in [-0.1, -0.05) is 27.7 Å². The third-order valence-corrected chi connectivity index (χ3v) is 5.38. The number of amides is 1. The van der Waals surface area contributed by atoms with Gasteiger partial charge in [0.1, 0.15) is 0 Å². The van der Waals surface area contributed by atoms with Crippen LogP contribution in [-0.2, 0) is 6.54 Å². The molecule has 1 amide bonds. The van der Waals surface area contributed by atoms with E-state index in [1.165, 1.54) is 4.57 Å². The van der Waals surface area contributed by atoms with E-state index in [0.717, 1.165) is 0 Å². The molecule has 0 bridgehead atoms. The molecule has 3 rings (SSSR count). The Morgan fingerprint density at radius 1 is 1.24 bits per heavy atom. The fraction of sp³-hybridized carbons (Fsp3) is 0.619. The Hall–Kier alpha value is -2.48. The van der Waals surface area contributed by atoms with Crippen molar-refractivity contribution in [3.8, 4) is 0 Å². The summed E-state index contributed by atoms with van der Waals surface area (Å²) in [6.07, 6.45) is 2.37. The van der Waals surface area contributed by atoms with Gasteiger partial charge >= 0.3 is 5.69 Å². The molecule has 0 saturated heterocycles. The van der Waals surface area contributed by atoms with Gasteiger partial charge in [0.2, 0.25) is 0 Å². The lowest BCUT2D eigenvalue weighted by atomic mass is 9.93. The predicted octanol–water partition coefficient (Wildman–Crippen LogP) is 1.90. The van der Waals surface area contributed by atoms with Crippen molar-refractivity contribution in [2.75, 3.05) is 0 Å². The van der Waals surface area contributed by atoms with E-state index in [1.54, 1.807) is 6.07 Å². The number of fused-ring (bicyclic) bond motifs is 1. The number of H-pyrrole nitrogens is 1. The van der Waals surface area contributed by atoms with E-state index in [-0.39, 0.29) is 46.5 Å². The number of aromatic amines is 1. The molecule has 2 aromatic heterocycles. The second-order valence-electron chi connectivity index (χ2n) is 8.69. The van der Waals surface area contributed by atoms with Crippen LogP contribution in [0.15, 0.2) is 15.7 Å². The minimum absolute atomic E-state index is 0.0256. The zero-order chi connectivity index (χ0) is 21.3. The van der Waals surface area contributed by atoms with Gasteiger partial charge in [-0.25, -0.2) is 9.78 Å². The summed E-state index contributed by atoms with van der Waals surface area (Å²) in [6, 6.07) is 1.61. The highest BCUT2D eigenvalue weighted by Gasteiger charge is 2.25. The minimum atomic E-state index is -0.600. The highest BCUT2D eigenvalue weighted by Crippen LogP contribution is 2.22. The first kappa shape index (κ1) is 21.2. The molecule has 158 valence electrons. The van der Waals surface area contributed by atoms with Crippen molar-refractivity contribution in [2.24, 2.45) is 5.92 Å². The maximum Gasteiger partial charge on any atom is 0.330 e. The van der Waals surface area contributed by atoms with E-state index in [1.807, 2.05) is 27.7 Å². The van der Waals surface area contributed by atoms with E-state index < -0.39 is 11.2 Å². The second kappa shape index (κ2) is 8.49. The summed E-state index contributed by atoms with van der Waals surface area (Å²) in [6.45, 7) is 8.25. The zero-order valence-corrected chi connectivity index (χ0v) is 17.5. The van der Waals surface area contributed by atoms with Crippen LogP contribution < -0.4 is 16.6 Å². The molecule has 0 aliphatic heterocycles. The second-order valence-corrected chi connectivity index (χ2v) is 8.69. The van der Waals surface area contributed by atoms with E-state index >= 15 is 0 Å². The van der Waals surface area contributed by atoms with Gasteiger partial charge in [-0.15, -0.1) is 0 Å². The largest absolute Gasteiger partial charge is 0.393 e. The Morgan fingerprint density at radius 2 is 1.90 bits per heavy atom. The van der Waals surface area contributed by atoms with Crippen LogP contribution >= 0.6 is 0 Å². The Labute approximate surface area is 169 Å². The van der Waals surface area contributed by atoms with E-state index in [2.05, 4.69) is 15.3 Å². The summed E-state index contributed by atoms with van der Waals surface area (Å²) in [5, 5.41) is 12.8. The first-order valence-electron chi connectivity index (χ1n) is 10.3. The van der Waals surface area contributed by atoms with Crippen LogP contribution in [0.1, 0.15) is 75.3 Å². The van der Waals surface area contributed by atoms with Gasteiger partial charge in [0.25, 0.3) is 11.5 Å². The molecule has 1 aliphatic rings. The van der Waals surface area contributed by atoms with Crippen LogP contribution in [0.25, 0.3) is 11.0 Å². The van der Waals surface area contributed by atoms with E-state index in [4.69, 9.17) is 0 Å². The Morgan fingerprint density at radius 3 is 2.48 bits per heavy atom. The van der Waals surface area contributed by atoms with Crippen molar-refractivity contribution < 1.29 is 9.90 Å². The van der Waals surface area contributed by atoms with E-state index in [9.17, 15) is 19.5 Å². The third-order valence-electron chi connectivity index (χ3n) is 5.38. The summed E-state index contributed by atoms with van der Waals surface area (Å²) in [4.78, 5) is 45.1. The summed E-state index contributed by atoms with van der Waals surface area (Å²) < 4.78 is 1.45. The highest BCUT2D eigenvalue weighted by atomic mass is 16.3. The fourth-order valence-corrected chi connectivity index (χ4v) is 3.79. The van der Waals surface area contributed by atoms with Gasteiger partial charge in [-0.2, -0.15) is 0 Å². The summed E-state index contributed by atoms with van der Waals surface area (Å²) in [5.41, 5.74) is 0.0323. The standard InChI is InChI=1S/C21H30N4O4/c1-11(2)10-25-18-17(20(28)24-21(25)29)15(9-16(23-18)12(3)4)19(27)22-13-5-7-14(26)8-6-13/h9,11-14,26H,5-8,10H2,1-4H3,(H,22,27)(H,24,28,29). The minimum Gasteiger partial charge on any atom is -0.393 e. The number of nitrogens with one attached hydrogen (secondary N) is 2. The van der Waals surface area contributed by atoms with Crippen molar-refractivity contribution in [1.29, 1.82) is 0 Å². The molecule has 0 radical (unpaired) electrons. The van der Waals surface area contributed by atoms with Gasteiger partial charge in [-0.3, -0.25) is 19.1 Å². The van der Waals surface area contributed by atoms with Gasteiger partial charge in [0, 0.05) is 18.3 Å². The SMILES string of the molecule is CC(C)Cn1c(=O)[nH]c(=O)c2c(C(=O)NC3CCC(O)CC3)cc(C(C)C)nc21. The van der Waals surface area contributed by atoms with Crippen LogP contribution in [0, 0.1) is 5.92 Å². The molecule has 2 heterocycles. The van der Waals surface area contributed by atoms with Gasteiger partial charge < -0.3 is 10.4 Å². The molecule has 8 nitrogen and oxygen atoms in total. The fourth-order valence-electron chi connectivity index (χ4n) is 3.79. The number of carbonyl (C=O) groups is 1. The van der Waals surface area contributed by atoms with Crippen molar-refractivity contribution in [1.82, 2.24) is 19.9 Å². The number of rotatable bonds is 5. The number of hydrogen-bond donors (Lipinski definition) is 3. The third kappa shape index (κ3) is 4.58. The maximum absolute atomic E-state index is 13.1. The van der Waals surface area contributed by atoms with Gasteiger partial charge in [0.15, 0.2) is 5.65 Å². The molecule has 8 heteroatoms. The summed E-state index contributed by atoms with van der Waals surface area (Å²) >= 11 is 0. The van der Waals surface area contributed by atoms with Crippen LogP contribution in [-0.4, -0.2) is 37.7 Å². The average molecular weight is 402 g/mol. The molecule has 1 fully saturated rings. The van der Waals surface area contributed by atoms with Crippen LogP contribution in [0.2, 0.25) is 0 Å². The number of aliphatic hydroxyl groups excluding tert-OH is 1. The van der Waals surface area contributed by atoms with Crippen molar-refractivity contribution in [2.45, 2.75) is 78.0 Å². The number of nitrogens with zero attached hydrogens (tertiary/aromatic N) is 2. The molecule has 0 spiro atoms. The molecular formula is C21H30N4O4. The van der Waals surface area contributed by atoms with E-state index in [0.29, 0.717) is 37.9 Å². The number of carbonyl (C=O) groups excluding carboxylic acids is 1. The molecule has 0 atom stereocenters. The summed E-state index contributed by atoms with van der Waals surface area (Å²) in [7, 11) is 0. The normalized spacial score (nSPS) is 19.8. The molecule has 29 heavy (non-hydrogen) atoms. The zero-order valence-electron chi connectivity index (χ0n) is 17.5. The Kier molecular flexibility index (Phi) is 6.21. The molecule has 0 unspecified atom stereocenters. The van der Waals surface area contributed by atoms with Crippen LogP contribution in [0.4, 0.5) is 0 Å². The van der Waals surface area contributed by atoms with Crippen molar-refractivity contribution in [3.63, 3.8) is 0 Å².